The van der Waals surface area contributed by atoms with Gasteiger partial charge in [-0.3, -0.25) is 5.32 Å². The number of aromatic nitrogens is 4. The first-order valence-corrected chi connectivity index (χ1v) is 13.3. The third kappa shape index (κ3) is 7.80. The molecule has 0 aliphatic heterocycles. The van der Waals surface area contributed by atoms with Gasteiger partial charge in [0.15, 0.2) is 0 Å². The van der Waals surface area contributed by atoms with Gasteiger partial charge in [-0.1, -0.05) is 56.7 Å². The SMILES string of the molecule is Cc1ccc(-n2nc(C(C)(C)C)cc2NC(=O)NCc2ccccc2Oc2cc(N(C)CC(O)CO)ncn2)cc1. The molecule has 0 bridgehead atoms. The van der Waals surface area contributed by atoms with E-state index in [0.717, 1.165) is 22.5 Å². The maximum atomic E-state index is 13.0. The minimum Gasteiger partial charge on any atom is -0.438 e. The predicted octanol–water partition coefficient (Wildman–Crippen LogP) is 4.17. The Hall–Kier alpha value is -4.48. The molecule has 0 saturated heterocycles. The Morgan fingerprint density at radius 2 is 1.83 bits per heavy atom. The monoisotopic (exact) mass is 559 g/mol. The van der Waals surface area contributed by atoms with Crippen molar-refractivity contribution in [1.82, 2.24) is 25.1 Å². The van der Waals surface area contributed by atoms with Crippen LogP contribution >= 0.6 is 0 Å². The number of rotatable bonds is 10. The van der Waals surface area contributed by atoms with Crippen molar-refractivity contribution in [2.45, 2.75) is 45.8 Å². The molecule has 2 heterocycles. The van der Waals surface area contributed by atoms with Crippen LogP contribution in [0.25, 0.3) is 5.69 Å². The number of aryl methyl sites for hydroxylation is 1. The van der Waals surface area contributed by atoms with Crippen molar-refractivity contribution >= 4 is 17.7 Å². The van der Waals surface area contributed by atoms with Crippen LogP contribution in [0.3, 0.4) is 0 Å². The fraction of sp³-hybridized carbons (Fsp3) is 0.333. The van der Waals surface area contributed by atoms with E-state index in [1.54, 1.807) is 28.8 Å². The molecule has 2 aromatic heterocycles. The van der Waals surface area contributed by atoms with Crippen molar-refractivity contribution in [1.29, 1.82) is 0 Å². The molecular weight excluding hydrogens is 522 g/mol. The quantitative estimate of drug-likeness (QED) is 0.227. The Bertz CT molecular complexity index is 1460. The summed E-state index contributed by atoms with van der Waals surface area (Å²) in [6.07, 6.45) is 0.469. The highest BCUT2D eigenvalue weighted by Gasteiger charge is 2.22. The lowest BCUT2D eigenvalue weighted by atomic mass is 9.92. The predicted molar refractivity (Wildman–Crippen MR) is 158 cm³/mol. The minimum absolute atomic E-state index is 0.197. The molecule has 0 aliphatic rings. The van der Waals surface area contributed by atoms with E-state index in [9.17, 15) is 9.90 Å². The van der Waals surface area contributed by atoms with Crippen LogP contribution in [-0.4, -0.2) is 62.3 Å². The summed E-state index contributed by atoms with van der Waals surface area (Å²) in [6.45, 7) is 8.30. The first-order chi connectivity index (χ1) is 19.5. The van der Waals surface area contributed by atoms with E-state index in [4.69, 9.17) is 14.9 Å². The number of benzene rings is 2. The maximum Gasteiger partial charge on any atom is 0.320 e. The number of nitrogens with zero attached hydrogens (tertiary/aromatic N) is 5. The third-order valence-electron chi connectivity index (χ3n) is 6.34. The fourth-order valence-corrected chi connectivity index (χ4v) is 3.98. The van der Waals surface area contributed by atoms with Crippen LogP contribution in [0.4, 0.5) is 16.4 Å². The molecule has 2 amide bonds. The average molecular weight is 560 g/mol. The molecule has 216 valence electrons. The van der Waals surface area contributed by atoms with E-state index >= 15 is 0 Å². The summed E-state index contributed by atoms with van der Waals surface area (Å²) in [5.74, 6) is 1.91. The summed E-state index contributed by atoms with van der Waals surface area (Å²) in [5.41, 5.74) is 3.38. The number of amides is 2. The number of aliphatic hydroxyl groups is 2. The number of carbonyl (C=O) groups is 1. The van der Waals surface area contributed by atoms with E-state index in [0.29, 0.717) is 23.3 Å². The van der Waals surface area contributed by atoms with Crippen LogP contribution in [-0.2, 0) is 12.0 Å². The summed E-state index contributed by atoms with van der Waals surface area (Å²) < 4.78 is 7.77. The summed E-state index contributed by atoms with van der Waals surface area (Å²) in [4.78, 5) is 23.1. The number of ether oxygens (including phenoxy) is 1. The van der Waals surface area contributed by atoms with Crippen LogP contribution < -0.4 is 20.3 Å². The van der Waals surface area contributed by atoms with Gasteiger partial charge in [-0.05, 0) is 25.1 Å². The smallest absolute Gasteiger partial charge is 0.320 e. The molecule has 1 atom stereocenters. The maximum absolute atomic E-state index is 13.0. The number of carbonyl (C=O) groups excluding carboxylic acids is 1. The molecule has 41 heavy (non-hydrogen) atoms. The van der Waals surface area contributed by atoms with Gasteiger partial charge in [0, 0.05) is 43.2 Å². The van der Waals surface area contributed by atoms with Gasteiger partial charge in [0.25, 0.3) is 0 Å². The summed E-state index contributed by atoms with van der Waals surface area (Å²) >= 11 is 0. The zero-order valence-electron chi connectivity index (χ0n) is 24.0. The molecule has 0 spiro atoms. The van der Waals surface area contributed by atoms with Crippen LogP contribution in [0.1, 0.15) is 37.6 Å². The second-order valence-electron chi connectivity index (χ2n) is 10.9. The highest BCUT2D eigenvalue weighted by Crippen LogP contribution is 2.27. The Morgan fingerprint density at radius 3 is 2.54 bits per heavy atom. The van der Waals surface area contributed by atoms with E-state index < -0.39 is 6.10 Å². The van der Waals surface area contributed by atoms with Crippen molar-refractivity contribution in [3.63, 3.8) is 0 Å². The van der Waals surface area contributed by atoms with Crippen LogP contribution in [0.5, 0.6) is 11.6 Å². The van der Waals surface area contributed by atoms with Gasteiger partial charge >= 0.3 is 6.03 Å². The first kappa shape index (κ1) is 29.5. The highest BCUT2D eigenvalue weighted by molar-refractivity contribution is 5.88. The number of likely N-dealkylation sites (N-methyl/N-ethyl adjacent to an activating group) is 1. The topological polar surface area (TPSA) is 138 Å². The minimum atomic E-state index is -0.896. The number of hydrogen-bond donors (Lipinski definition) is 4. The number of aliphatic hydroxyl groups excluding tert-OH is 2. The molecule has 11 nitrogen and oxygen atoms in total. The van der Waals surface area contributed by atoms with Gasteiger partial charge < -0.3 is 25.2 Å². The first-order valence-electron chi connectivity index (χ1n) is 13.3. The lowest BCUT2D eigenvalue weighted by molar-refractivity contribution is 0.101. The number of para-hydroxylation sites is 1. The molecule has 11 heteroatoms. The molecule has 1 unspecified atom stereocenters. The van der Waals surface area contributed by atoms with Crippen molar-refractivity contribution in [3.05, 3.63) is 83.8 Å². The van der Waals surface area contributed by atoms with Gasteiger partial charge in [-0.2, -0.15) is 5.10 Å². The molecular formula is C30H37N7O4. The highest BCUT2D eigenvalue weighted by atomic mass is 16.5. The van der Waals surface area contributed by atoms with Crippen LogP contribution in [0.15, 0.2) is 67.0 Å². The van der Waals surface area contributed by atoms with Crippen molar-refractivity contribution in [3.8, 4) is 17.3 Å². The van der Waals surface area contributed by atoms with Gasteiger partial charge in [0.05, 0.1) is 24.1 Å². The molecule has 0 aliphatic carbocycles. The number of urea groups is 1. The van der Waals surface area contributed by atoms with Gasteiger partial charge in [0.2, 0.25) is 5.88 Å². The second-order valence-corrected chi connectivity index (χ2v) is 10.9. The lowest BCUT2D eigenvalue weighted by Gasteiger charge is -2.20. The second kappa shape index (κ2) is 12.8. The van der Waals surface area contributed by atoms with E-state index in [1.807, 2.05) is 55.5 Å². The number of nitrogens with one attached hydrogen (secondary N) is 2. The third-order valence-corrected chi connectivity index (χ3v) is 6.34. The van der Waals surface area contributed by atoms with Gasteiger partial charge in [-0.25, -0.2) is 19.4 Å². The fourth-order valence-electron chi connectivity index (χ4n) is 3.98. The van der Waals surface area contributed by atoms with Crippen LogP contribution in [0.2, 0.25) is 0 Å². The zero-order valence-corrected chi connectivity index (χ0v) is 24.0. The van der Waals surface area contributed by atoms with Crippen LogP contribution in [0, 0.1) is 6.92 Å². The van der Waals surface area contributed by atoms with Gasteiger partial charge in [0.1, 0.15) is 23.7 Å². The van der Waals surface area contributed by atoms with Gasteiger partial charge in [-0.15, -0.1) is 0 Å². The zero-order chi connectivity index (χ0) is 29.6. The Kier molecular flexibility index (Phi) is 9.21. The summed E-state index contributed by atoms with van der Waals surface area (Å²) in [7, 11) is 1.75. The average Bonchev–Trinajstić information content (AvgIpc) is 3.37. The molecule has 4 rings (SSSR count). The van der Waals surface area contributed by atoms with Crippen molar-refractivity contribution in [2.24, 2.45) is 0 Å². The van der Waals surface area contributed by atoms with E-state index in [1.165, 1.54) is 6.33 Å². The number of anilines is 2. The summed E-state index contributed by atoms with van der Waals surface area (Å²) in [5, 5.41) is 29.5. The standard InChI is InChI=1S/C30H37N7O4/c1-20-10-12-22(13-11-20)37-27(14-25(35-37)30(2,3)4)34-29(40)31-16-21-8-6-7-9-24(21)41-28-15-26(32-19-33-28)36(5)17-23(39)18-38/h6-15,19,23,38-39H,16-18H2,1-5H3,(H2,31,34,40). The largest absolute Gasteiger partial charge is 0.438 e. The molecule has 4 N–H and O–H groups in total. The summed E-state index contributed by atoms with van der Waals surface area (Å²) in [6, 6.07) is 18.4. The van der Waals surface area contributed by atoms with Crippen molar-refractivity contribution < 1.29 is 19.7 Å². The van der Waals surface area contributed by atoms with E-state index in [-0.39, 0.29) is 31.1 Å². The Morgan fingerprint density at radius 1 is 1.10 bits per heavy atom. The molecule has 0 saturated carbocycles. The molecule has 2 aromatic carbocycles. The Balaban J connectivity index is 1.46. The molecule has 4 aromatic rings. The number of hydrogen-bond acceptors (Lipinski definition) is 8. The lowest BCUT2D eigenvalue weighted by Crippen LogP contribution is -2.31. The van der Waals surface area contributed by atoms with E-state index in [2.05, 4.69) is 41.4 Å². The van der Waals surface area contributed by atoms with Crippen molar-refractivity contribution in [2.75, 3.05) is 30.4 Å². The molecule has 0 radical (unpaired) electrons. The Labute approximate surface area is 239 Å². The molecule has 0 fully saturated rings. The normalized spacial score (nSPS) is 12.1.